The van der Waals surface area contributed by atoms with Crippen molar-refractivity contribution in [2.75, 3.05) is 13.7 Å². The molecule has 0 aliphatic heterocycles. The molecule has 0 aliphatic rings. The molecule has 16 heavy (non-hydrogen) atoms. The minimum Gasteiger partial charge on any atom is -0.504 e. The number of phenols is 1. The molecule has 0 atom stereocenters. The summed E-state index contributed by atoms with van der Waals surface area (Å²) < 4.78 is 6.02. The van der Waals surface area contributed by atoms with Gasteiger partial charge >= 0.3 is 0 Å². The van der Waals surface area contributed by atoms with Crippen LogP contribution in [0.15, 0.2) is 16.6 Å². The number of hydrogen-bond acceptors (Lipinski definition) is 3. The van der Waals surface area contributed by atoms with E-state index in [9.17, 15) is 5.11 Å². The lowest BCUT2D eigenvalue weighted by Gasteiger charge is -2.26. The Hall–Kier alpha value is -0.740. The maximum absolute atomic E-state index is 10.1. The third-order valence-corrected chi connectivity index (χ3v) is 3.22. The summed E-state index contributed by atoms with van der Waals surface area (Å²) in [5.74, 6) is 0.679. The van der Waals surface area contributed by atoms with Crippen LogP contribution in [-0.4, -0.2) is 18.8 Å². The van der Waals surface area contributed by atoms with Gasteiger partial charge in [-0.05, 0) is 30.5 Å². The first kappa shape index (κ1) is 13.3. The molecule has 0 saturated carbocycles. The summed E-state index contributed by atoms with van der Waals surface area (Å²) in [4.78, 5) is 0. The van der Waals surface area contributed by atoms with Crippen molar-refractivity contribution in [1.82, 2.24) is 0 Å². The Morgan fingerprint density at radius 3 is 2.56 bits per heavy atom. The smallest absolute Gasteiger partial charge is 0.161 e. The zero-order chi connectivity index (χ0) is 12.3. The molecule has 1 rings (SSSR count). The Morgan fingerprint density at radius 2 is 2.06 bits per heavy atom. The molecule has 90 valence electrons. The van der Waals surface area contributed by atoms with E-state index < -0.39 is 0 Å². The normalized spacial score (nSPS) is 11.6. The van der Waals surface area contributed by atoms with Gasteiger partial charge in [0.2, 0.25) is 0 Å². The van der Waals surface area contributed by atoms with Crippen LogP contribution in [0.3, 0.4) is 0 Å². The van der Waals surface area contributed by atoms with Gasteiger partial charge in [-0.15, -0.1) is 0 Å². The molecule has 3 N–H and O–H groups in total. The predicted molar refractivity (Wildman–Crippen MR) is 69.1 cm³/mol. The van der Waals surface area contributed by atoms with Crippen LogP contribution in [0.2, 0.25) is 0 Å². The van der Waals surface area contributed by atoms with Gasteiger partial charge in [-0.2, -0.15) is 0 Å². The molecule has 0 heterocycles. The highest BCUT2D eigenvalue weighted by Crippen LogP contribution is 2.41. The maximum Gasteiger partial charge on any atom is 0.161 e. The molecular weight excluding hydrogens is 270 g/mol. The molecule has 0 aliphatic carbocycles. The van der Waals surface area contributed by atoms with E-state index in [-0.39, 0.29) is 11.2 Å². The molecule has 0 radical (unpaired) electrons. The minimum atomic E-state index is -0.171. The standard InChI is InChI=1S/C12H18BrNO2/c1-12(2,4-5-14)9-6-8(13)7-10(16-3)11(9)15/h6-7,15H,4-5,14H2,1-3H3. The highest BCUT2D eigenvalue weighted by atomic mass is 79.9. The van der Waals surface area contributed by atoms with Crippen LogP contribution in [0.1, 0.15) is 25.8 Å². The Kier molecular flexibility index (Phi) is 4.21. The van der Waals surface area contributed by atoms with Crippen LogP contribution in [0.5, 0.6) is 11.5 Å². The first-order valence-corrected chi connectivity index (χ1v) is 5.98. The Balaban J connectivity index is 3.27. The van der Waals surface area contributed by atoms with Gasteiger partial charge < -0.3 is 15.6 Å². The SMILES string of the molecule is COc1cc(Br)cc(C(C)(C)CCN)c1O. The summed E-state index contributed by atoms with van der Waals surface area (Å²) in [7, 11) is 1.54. The van der Waals surface area contributed by atoms with Crippen molar-refractivity contribution in [3.8, 4) is 11.5 Å². The Bertz CT molecular complexity index is 378. The van der Waals surface area contributed by atoms with Gasteiger partial charge in [0.05, 0.1) is 7.11 Å². The van der Waals surface area contributed by atoms with Crippen molar-refractivity contribution in [1.29, 1.82) is 0 Å². The van der Waals surface area contributed by atoms with Crippen LogP contribution in [0, 0.1) is 0 Å². The van der Waals surface area contributed by atoms with Crippen molar-refractivity contribution in [2.24, 2.45) is 5.73 Å². The zero-order valence-corrected chi connectivity index (χ0v) is 11.5. The molecule has 0 aromatic heterocycles. The van der Waals surface area contributed by atoms with Crippen molar-refractivity contribution in [2.45, 2.75) is 25.7 Å². The first-order valence-electron chi connectivity index (χ1n) is 5.19. The topological polar surface area (TPSA) is 55.5 Å². The van der Waals surface area contributed by atoms with Gasteiger partial charge in [0.1, 0.15) is 0 Å². The lowest BCUT2D eigenvalue weighted by atomic mass is 9.81. The quantitative estimate of drug-likeness (QED) is 0.895. The molecule has 0 amide bonds. The van der Waals surface area contributed by atoms with Crippen LogP contribution < -0.4 is 10.5 Å². The summed E-state index contributed by atoms with van der Waals surface area (Å²) in [6.07, 6.45) is 0.806. The average molecular weight is 288 g/mol. The second kappa shape index (κ2) is 5.06. The molecule has 0 saturated heterocycles. The highest BCUT2D eigenvalue weighted by molar-refractivity contribution is 9.10. The summed E-state index contributed by atoms with van der Waals surface area (Å²) in [5.41, 5.74) is 6.27. The predicted octanol–water partition coefficient (Wildman–Crippen LogP) is 2.79. The number of methoxy groups -OCH3 is 1. The van der Waals surface area contributed by atoms with Gasteiger partial charge in [0.15, 0.2) is 11.5 Å². The van der Waals surface area contributed by atoms with E-state index in [1.807, 2.05) is 6.07 Å². The molecule has 0 bridgehead atoms. The molecule has 0 fully saturated rings. The van der Waals surface area contributed by atoms with Gasteiger partial charge in [0.25, 0.3) is 0 Å². The van der Waals surface area contributed by atoms with Gasteiger partial charge in [-0.3, -0.25) is 0 Å². The van der Waals surface area contributed by atoms with E-state index in [1.165, 1.54) is 0 Å². The summed E-state index contributed by atoms with van der Waals surface area (Å²) in [6, 6.07) is 3.66. The third kappa shape index (κ3) is 2.68. The lowest BCUT2D eigenvalue weighted by Crippen LogP contribution is -2.22. The number of phenolic OH excluding ortho intramolecular Hbond substituents is 1. The number of benzene rings is 1. The van der Waals surface area contributed by atoms with Crippen LogP contribution in [0.25, 0.3) is 0 Å². The Morgan fingerprint density at radius 1 is 1.44 bits per heavy atom. The van der Waals surface area contributed by atoms with Crippen molar-refractivity contribution in [3.63, 3.8) is 0 Å². The monoisotopic (exact) mass is 287 g/mol. The summed E-state index contributed by atoms with van der Waals surface area (Å²) in [5, 5.41) is 10.1. The largest absolute Gasteiger partial charge is 0.504 e. The molecular formula is C12H18BrNO2. The maximum atomic E-state index is 10.1. The first-order chi connectivity index (χ1) is 7.42. The average Bonchev–Trinajstić information content (AvgIpc) is 2.20. The lowest BCUT2D eigenvalue weighted by molar-refractivity contribution is 0.359. The van der Waals surface area contributed by atoms with E-state index in [1.54, 1.807) is 13.2 Å². The van der Waals surface area contributed by atoms with E-state index in [0.29, 0.717) is 12.3 Å². The van der Waals surface area contributed by atoms with Crippen LogP contribution in [-0.2, 0) is 5.41 Å². The van der Waals surface area contributed by atoms with E-state index in [2.05, 4.69) is 29.8 Å². The fourth-order valence-electron chi connectivity index (χ4n) is 1.74. The number of hydrogen-bond donors (Lipinski definition) is 2. The van der Waals surface area contributed by atoms with Crippen molar-refractivity contribution >= 4 is 15.9 Å². The molecule has 1 aromatic carbocycles. The summed E-state index contributed by atoms with van der Waals surface area (Å²) >= 11 is 3.41. The highest BCUT2D eigenvalue weighted by Gasteiger charge is 2.25. The number of nitrogens with two attached hydrogens (primary N) is 1. The van der Waals surface area contributed by atoms with Crippen LogP contribution in [0.4, 0.5) is 0 Å². The molecule has 0 spiro atoms. The van der Waals surface area contributed by atoms with Crippen LogP contribution >= 0.6 is 15.9 Å². The third-order valence-electron chi connectivity index (χ3n) is 2.76. The van der Waals surface area contributed by atoms with Gasteiger partial charge in [0, 0.05) is 10.0 Å². The van der Waals surface area contributed by atoms with Gasteiger partial charge in [-0.25, -0.2) is 0 Å². The molecule has 4 heteroatoms. The van der Waals surface area contributed by atoms with E-state index in [4.69, 9.17) is 10.5 Å². The molecule has 3 nitrogen and oxygen atoms in total. The minimum absolute atomic E-state index is 0.171. The fraction of sp³-hybridized carbons (Fsp3) is 0.500. The number of aromatic hydroxyl groups is 1. The molecule has 1 aromatic rings. The Labute approximate surface area is 105 Å². The second-order valence-electron chi connectivity index (χ2n) is 4.43. The van der Waals surface area contributed by atoms with E-state index >= 15 is 0 Å². The summed E-state index contributed by atoms with van der Waals surface area (Å²) in [6.45, 7) is 4.70. The van der Waals surface area contributed by atoms with Crippen molar-refractivity contribution in [3.05, 3.63) is 22.2 Å². The van der Waals surface area contributed by atoms with Gasteiger partial charge in [-0.1, -0.05) is 29.8 Å². The van der Waals surface area contributed by atoms with Crippen molar-refractivity contribution < 1.29 is 9.84 Å². The number of rotatable bonds is 4. The van der Waals surface area contributed by atoms with E-state index in [0.717, 1.165) is 16.5 Å². The molecule has 0 unspecified atom stereocenters. The second-order valence-corrected chi connectivity index (χ2v) is 5.34. The number of halogens is 1. The number of ether oxygens (including phenoxy) is 1. The zero-order valence-electron chi connectivity index (χ0n) is 9.88. The fourth-order valence-corrected chi connectivity index (χ4v) is 2.18.